The summed E-state index contributed by atoms with van der Waals surface area (Å²) in [7, 11) is 1.97. The predicted molar refractivity (Wildman–Crippen MR) is 93.4 cm³/mol. The summed E-state index contributed by atoms with van der Waals surface area (Å²) in [5.41, 5.74) is 5.06. The minimum atomic E-state index is 0.0954. The normalized spacial score (nSPS) is 14.4. The van der Waals surface area contributed by atoms with Crippen LogP contribution in [-0.4, -0.2) is 26.0 Å². The molecule has 0 radical (unpaired) electrons. The standard InChI is InChI=1S/C19H28N2O/c1-15-11-16(2)13-18(12-15)21(3)14-19(22)20-10-9-17-7-5-4-6-8-17/h7,11-13H,4-6,8-10,14H2,1-3H3,(H,20,22). The number of allylic oxidation sites excluding steroid dienone is 1. The summed E-state index contributed by atoms with van der Waals surface area (Å²) in [5.74, 6) is 0.0954. The minimum absolute atomic E-state index is 0.0954. The fourth-order valence-electron chi connectivity index (χ4n) is 3.03. The molecule has 120 valence electrons. The molecular formula is C19H28N2O. The van der Waals surface area contributed by atoms with Crippen LogP contribution in [0.2, 0.25) is 0 Å². The van der Waals surface area contributed by atoms with E-state index in [1.807, 2.05) is 11.9 Å². The van der Waals surface area contributed by atoms with Crippen LogP contribution in [0.25, 0.3) is 0 Å². The lowest BCUT2D eigenvalue weighted by Gasteiger charge is -2.20. The molecule has 0 unspecified atom stereocenters. The number of hydrogen-bond donors (Lipinski definition) is 1. The van der Waals surface area contributed by atoms with Gasteiger partial charge in [0.1, 0.15) is 0 Å². The third kappa shape index (κ3) is 5.21. The minimum Gasteiger partial charge on any atom is -0.365 e. The van der Waals surface area contributed by atoms with E-state index in [9.17, 15) is 4.79 Å². The van der Waals surface area contributed by atoms with Crippen molar-refractivity contribution in [2.75, 3.05) is 25.0 Å². The zero-order valence-electron chi connectivity index (χ0n) is 14.1. The van der Waals surface area contributed by atoms with Crippen molar-refractivity contribution in [2.45, 2.75) is 46.0 Å². The fourth-order valence-corrected chi connectivity index (χ4v) is 3.03. The highest BCUT2D eigenvalue weighted by molar-refractivity contribution is 5.81. The van der Waals surface area contributed by atoms with Gasteiger partial charge in [0.05, 0.1) is 6.54 Å². The van der Waals surface area contributed by atoms with Crippen molar-refractivity contribution in [3.8, 4) is 0 Å². The van der Waals surface area contributed by atoms with Gasteiger partial charge in [-0.25, -0.2) is 0 Å². The largest absolute Gasteiger partial charge is 0.365 e. The Labute approximate surface area is 134 Å². The molecule has 0 heterocycles. The first-order valence-electron chi connectivity index (χ1n) is 8.28. The average molecular weight is 300 g/mol. The number of carbonyl (C=O) groups is 1. The van der Waals surface area contributed by atoms with Crippen LogP contribution < -0.4 is 10.2 Å². The molecule has 1 aromatic rings. The fraction of sp³-hybridized carbons (Fsp3) is 0.526. The van der Waals surface area contributed by atoms with Gasteiger partial charge in [-0.1, -0.05) is 17.7 Å². The number of nitrogens with zero attached hydrogens (tertiary/aromatic N) is 1. The number of nitrogens with one attached hydrogen (secondary N) is 1. The zero-order chi connectivity index (χ0) is 15.9. The third-order valence-electron chi connectivity index (χ3n) is 4.18. The zero-order valence-corrected chi connectivity index (χ0v) is 14.1. The smallest absolute Gasteiger partial charge is 0.239 e. The maximum atomic E-state index is 12.1. The van der Waals surface area contributed by atoms with Crippen LogP contribution >= 0.6 is 0 Å². The first-order chi connectivity index (χ1) is 10.5. The Morgan fingerprint density at radius 3 is 2.55 bits per heavy atom. The Morgan fingerprint density at radius 1 is 1.18 bits per heavy atom. The molecule has 0 spiro atoms. The number of anilines is 1. The van der Waals surface area contributed by atoms with Crippen LogP contribution in [0.3, 0.4) is 0 Å². The molecule has 1 amide bonds. The Morgan fingerprint density at radius 2 is 1.91 bits per heavy atom. The van der Waals surface area contributed by atoms with Gasteiger partial charge in [-0.3, -0.25) is 4.79 Å². The van der Waals surface area contributed by atoms with Gasteiger partial charge in [0.15, 0.2) is 0 Å². The molecule has 0 aliphatic heterocycles. The Kier molecular flexibility index (Phi) is 6.05. The molecular weight excluding hydrogens is 272 g/mol. The van der Waals surface area contributed by atoms with E-state index in [0.717, 1.165) is 18.7 Å². The van der Waals surface area contributed by atoms with Crippen molar-refractivity contribution in [3.05, 3.63) is 41.0 Å². The second kappa shape index (κ2) is 8.02. The second-order valence-electron chi connectivity index (χ2n) is 6.41. The van der Waals surface area contributed by atoms with Gasteiger partial charge in [0.25, 0.3) is 0 Å². The number of likely N-dealkylation sites (N-methyl/N-ethyl adjacent to an activating group) is 1. The van der Waals surface area contributed by atoms with Crippen LogP contribution in [0, 0.1) is 13.8 Å². The van der Waals surface area contributed by atoms with Gasteiger partial charge >= 0.3 is 0 Å². The molecule has 22 heavy (non-hydrogen) atoms. The number of hydrogen-bond acceptors (Lipinski definition) is 2. The van der Waals surface area contributed by atoms with E-state index in [2.05, 4.69) is 43.4 Å². The van der Waals surface area contributed by atoms with Gasteiger partial charge in [0.2, 0.25) is 5.91 Å². The molecule has 0 atom stereocenters. The highest BCUT2D eigenvalue weighted by Crippen LogP contribution is 2.19. The Hall–Kier alpha value is -1.77. The Balaban J connectivity index is 1.77. The first-order valence-corrected chi connectivity index (χ1v) is 8.28. The summed E-state index contributed by atoms with van der Waals surface area (Å²) in [6, 6.07) is 6.38. The van der Waals surface area contributed by atoms with E-state index < -0.39 is 0 Å². The lowest BCUT2D eigenvalue weighted by Crippen LogP contribution is -2.35. The van der Waals surface area contributed by atoms with Crippen LogP contribution in [0.15, 0.2) is 29.8 Å². The molecule has 0 saturated carbocycles. The molecule has 0 fully saturated rings. The summed E-state index contributed by atoms with van der Waals surface area (Å²) in [5, 5.41) is 3.04. The number of benzene rings is 1. The molecule has 3 heteroatoms. The number of aryl methyl sites for hydroxylation is 2. The van der Waals surface area contributed by atoms with Crippen LogP contribution in [-0.2, 0) is 4.79 Å². The molecule has 3 nitrogen and oxygen atoms in total. The molecule has 1 aromatic carbocycles. The van der Waals surface area contributed by atoms with Crippen molar-refractivity contribution < 1.29 is 4.79 Å². The Bertz CT molecular complexity index is 528. The molecule has 1 N–H and O–H groups in total. The quantitative estimate of drug-likeness (QED) is 0.812. The number of carbonyl (C=O) groups excluding carboxylic acids is 1. The SMILES string of the molecule is Cc1cc(C)cc(N(C)CC(=O)NCCC2=CCCCC2)c1. The van der Waals surface area contributed by atoms with Crippen LogP contribution in [0.4, 0.5) is 5.69 Å². The van der Waals surface area contributed by atoms with Crippen molar-refractivity contribution in [3.63, 3.8) is 0 Å². The first kappa shape index (κ1) is 16.6. The maximum Gasteiger partial charge on any atom is 0.239 e. The summed E-state index contributed by atoms with van der Waals surface area (Å²) in [6.07, 6.45) is 8.37. The summed E-state index contributed by atoms with van der Waals surface area (Å²) in [4.78, 5) is 14.1. The van der Waals surface area contributed by atoms with Gasteiger partial charge in [-0.05, 0) is 69.2 Å². The summed E-state index contributed by atoms with van der Waals surface area (Å²) in [6.45, 7) is 5.33. The number of amides is 1. The van der Waals surface area contributed by atoms with Crippen LogP contribution in [0.1, 0.15) is 43.2 Å². The van der Waals surface area contributed by atoms with E-state index in [1.54, 1.807) is 0 Å². The highest BCUT2D eigenvalue weighted by atomic mass is 16.2. The van der Waals surface area contributed by atoms with Gasteiger partial charge in [-0.15, -0.1) is 0 Å². The molecule has 1 aliphatic carbocycles. The van der Waals surface area contributed by atoms with Crippen molar-refractivity contribution in [1.82, 2.24) is 5.32 Å². The van der Waals surface area contributed by atoms with Gasteiger partial charge in [-0.2, -0.15) is 0 Å². The van der Waals surface area contributed by atoms with E-state index in [1.165, 1.54) is 42.4 Å². The van der Waals surface area contributed by atoms with Gasteiger partial charge in [0, 0.05) is 19.3 Å². The molecule has 0 aromatic heterocycles. The summed E-state index contributed by atoms with van der Waals surface area (Å²) >= 11 is 0. The van der Waals surface area contributed by atoms with E-state index in [4.69, 9.17) is 0 Å². The lowest BCUT2D eigenvalue weighted by atomic mass is 9.97. The van der Waals surface area contributed by atoms with Crippen molar-refractivity contribution in [2.24, 2.45) is 0 Å². The second-order valence-corrected chi connectivity index (χ2v) is 6.41. The van der Waals surface area contributed by atoms with Gasteiger partial charge < -0.3 is 10.2 Å². The highest BCUT2D eigenvalue weighted by Gasteiger charge is 2.09. The van der Waals surface area contributed by atoms with E-state index >= 15 is 0 Å². The maximum absolute atomic E-state index is 12.1. The lowest BCUT2D eigenvalue weighted by molar-refractivity contribution is -0.119. The molecule has 0 saturated heterocycles. The summed E-state index contributed by atoms with van der Waals surface area (Å²) < 4.78 is 0. The molecule has 0 bridgehead atoms. The average Bonchev–Trinajstić information content (AvgIpc) is 2.47. The molecule has 2 rings (SSSR count). The predicted octanol–water partition coefficient (Wildman–Crippen LogP) is 3.75. The third-order valence-corrected chi connectivity index (χ3v) is 4.18. The van der Waals surface area contributed by atoms with Crippen molar-refractivity contribution in [1.29, 1.82) is 0 Å². The van der Waals surface area contributed by atoms with Crippen molar-refractivity contribution >= 4 is 11.6 Å². The van der Waals surface area contributed by atoms with E-state index in [0.29, 0.717) is 6.54 Å². The number of rotatable bonds is 6. The van der Waals surface area contributed by atoms with E-state index in [-0.39, 0.29) is 5.91 Å². The monoisotopic (exact) mass is 300 g/mol. The molecule has 1 aliphatic rings. The topological polar surface area (TPSA) is 32.3 Å². The van der Waals surface area contributed by atoms with Crippen LogP contribution in [0.5, 0.6) is 0 Å².